The summed E-state index contributed by atoms with van der Waals surface area (Å²) in [7, 11) is 0. The van der Waals surface area contributed by atoms with Crippen LogP contribution < -0.4 is 5.32 Å². The van der Waals surface area contributed by atoms with Crippen molar-refractivity contribution in [2.45, 2.75) is 71.3 Å². The van der Waals surface area contributed by atoms with E-state index in [2.05, 4.69) is 47.3 Å². The first-order chi connectivity index (χ1) is 14.7. The summed E-state index contributed by atoms with van der Waals surface area (Å²) in [5.74, 6) is -0.0448. The zero-order valence-corrected chi connectivity index (χ0v) is 18.4. The number of hydrogen-bond acceptors (Lipinski definition) is 3. The molecule has 0 fully saturated rings. The Bertz CT molecular complexity index is 784. The highest BCUT2D eigenvalue weighted by atomic mass is 16.1. The van der Waals surface area contributed by atoms with E-state index in [0.717, 1.165) is 37.7 Å². The van der Waals surface area contributed by atoms with Crippen molar-refractivity contribution in [3.63, 3.8) is 0 Å². The molecule has 2 aromatic rings. The average molecular weight is 406 g/mol. The predicted molar refractivity (Wildman–Crippen MR) is 125 cm³/mol. The van der Waals surface area contributed by atoms with Gasteiger partial charge in [-0.2, -0.15) is 0 Å². The van der Waals surface area contributed by atoms with Gasteiger partial charge in [0.1, 0.15) is 0 Å². The Balaban J connectivity index is 1.81. The minimum Gasteiger partial charge on any atom is -0.350 e. The van der Waals surface area contributed by atoms with Crippen LogP contribution in [0.1, 0.15) is 69.9 Å². The third-order valence-electron chi connectivity index (χ3n) is 5.09. The predicted octanol–water partition coefficient (Wildman–Crippen LogP) is 5.91. The number of unbranched alkanes of at least 4 members (excludes halogenated alkanes) is 3. The van der Waals surface area contributed by atoms with Gasteiger partial charge in [0.05, 0.1) is 0 Å². The molecule has 30 heavy (non-hydrogen) atoms. The summed E-state index contributed by atoms with van der Waals surface area (Å²) >= 11 is 0. The number of aryl methyl sites for hydroxylation is 1. The lowest BCUT2D eigenvalue weighted by molar-refractivity contribution is -0.117. The van der Waals surface area contributed by atoms with Crippen molar-refractivity contribution in [2.24, 2.45) is 0 Å². The fraction of sp³-hybridized carbons (Fsp3) is 0.423. The topological polar surface area (TPSA) is 54.9 Å². The van der Waals surface area contributed by atoms with Crippen LogP contribution >= 0.6 is 0 Å². The van der Waals surface area contributed by atoms with Crippen molar-refractivity contribution in [3.8, 4) is 0 Å². The average Bonchev–Trinajstić information content (AvgIpc) is 2.76. The quantitative estimate of drug-likeness (QED) is 0.256. The number of carbonyl (C=O) groups excluding carboxylic acids is 1. The van der Waals surface area contributed by atoms with Crippen molar-refractivity contribution in [2.75, 3.05) is 0 Å². The number of pyridine rings is 2. The van der Waals surface area contributed by atoms with Crippen molar-refractivity contribution in [1.82, 2.24) is 15.3 Å². The number of aromatic nitrogens is 2. The molecule has 2 aromatic heterocycles. The second-order valence-corrected chi connectivity index (χ2v) is 7.77. The molecular formula is C26H35N3O. The Labute approximate surface area is 181 Å². The van der Waals surface area contributed by atoms with Gasteiger partial charge in [0, 0.05) is 36.9 Å². The Morgan fingerprint density at radius 3 is 2.57 bits per heavy atom. The van der Waals surface area contributed by atoms with Gasteiger partial charge in [-0.1, -0.05) is 50.5 Å². The summed E-state index contributed by atoms with van der Waals surface area (Å²) in [6.45, 7) is 4.28. The number of amides is 1. The number of nitrogens with zero attached hydrogens (tertiary/aromatic N) is 2. The number of hydrogen-bond donors (Lipinski definition) is 1. The number of allylic oxidation sites excluding steroid dienone is 3. The second-order valence-electron chi connectivity index (χ2n) is 7.77. The summed E-state index contributed by atoms with van der Waals surface area (Å²) in [5, 5.41) is 3.06. The Hall–Kier alpha value is -2.75. The fourth-order valence-corrected chi connectivity index (χ4v) is 3.39. The van der Waals surface area contributed by atoms with Crippen molar-refractivity contribution < 1.29 is 4.79 Å². The number of carbonyl (C=O) groups is 1. The van der Waals surface area contributed by atoms with E-state index in [4.69, 9.17) is 0 Å². The molecule has 1 amide bonds. The van der Waals surface area contributed by atoms with Gasteiger partial charge < -0.3 is 5.32 Å². The first kappa shape index (κ1) is 23.5. The largest absolute Gasteiger partial charge is 0.350 e. The minimum absolute atomic E-state index is 0.0448. The zero-order chi connectivity index (χ0) is 21.4. The lowest BCUT2D eigenvalue weighted by atomic mass is 10.00. The molecule has 0 radical (unpaired) electrons. The van der Waals surface area contributed by atoms with E-state index in [1.807, 2.05) is 30.6 Å². The van der Waals surface area contributed by atoms with Crippen LogP contribution in [0.4, 0.5) is 0 Å². The van der Waals surface area contributed by atoms with E-state index in [9.17, 15) is 4.79 Å². The van der Waals surface area contributed by atoms with Gasteiger partial charge in [-0.15, -0.1) is 0 Å². The molecule has 0 aliphatic heterocycles. The third-order valence-corrected chi connectivity index (χ3v) is 5.09. The van der Waals surface area contributed by atoms with Gasteiger partial charge in [-0.3, -0.25) is 14.8 Å². The Kier molecular flexibility index (Phi) is 11.2. The summed E-state index contributed by atoms with van der Waals surface area (Å²) in [5.41, 5.74) is 3.60. The molecule has 0 bridgehead atoms. The molecule has 160 valence electrons. The molecule has 0 aromatic carbocycles. The highest BCUT2D eigenvalue weighted by molar-refractivity contribution is 5.88. The molecule has 2 rings (SSSR count). The molecule has 0 aliphatic carbocycles. The van der Waals surface area contributed by atoms with Gasteiger partial charge in [-0.25, -0.2) is 0 Å². The van der Waals surface area contributed by atoms with Crippen LogP contribution in [0.15, 0.2) is 67.3 Å². The highest BCUT2D eigenvalue weighted by Crippen LogP contribution is 2.21. The molecule has 4 nitrogen and oxygen atoms in total. The van der Waals surface area contributed by atoms with Crippen molar-refractivity contribution in [3.05, 3.63) is 78.4 Å². The van der Waals surface area contributed by atoms with Crippen LogP contribution in [-0.2, 0) is 11.2 Å². The molecule has 0 saturated heterocycles. The normalized spacial score (nSPS) is 12.8. The van der Waals surface area contributed by atoms with Crippen LogP contribution in [0.3, 0.4) is 0 Å². The van der Waals surface area contributed by atoms with Crippen LogP contribution in [0.2, 0.25) is 0 Å². The monoisotopic (exact) mass is 405 g/mol. The lowest BCUT2D eigenvalue weighted by Gasteiger charge is -2.12. The van der Waals surface area contributed by atoms with Crippen molar-refractivity contribution >= 4 is 11.5 Å². The molecule has 4 heteroatoms. The van der Waals surface area contributed by atoms with Gasteiger partial charge in [0.2, 0.25) is 5.91 Å². The molecule has 1 N–H and O–H groups in total. The van der Waals surface area contributed by atoms with E-state index < -0.39 is 0 Å². The SMILES string of the molecule is CCCCCC/C(=C\C=C\C(=O)N[C@H](C)CCCc1cccnc1)c1cccnc1. The van der Waals surface area contributed by atoms with E-state index in [1.165, 1.54) is 30.4 Å². The maximum atomic E-state index is 12.3. The fourth-order valence-electron chi connectivity index (χ4n) is 3.39. The van der Waals surface area contributed by atoms with Crippen molar-refractivity contribution in [1.29, 1.82) is 0 Å². The third kappa shape index (κ3) is 9.64. The molecule has 0 saturated carbocycles. The number of rotatable bonds is 13. The van der Waals surface area contributed by atoms with Gasteiger partial charge >= 0.3 is 0 Å². The highest BCUT2D eigenvalue weighted by Gasteiger charge is 2.05. The van der Waals surface area contributed by atoms with E-state index >= 15 is 0 Å². The smallest absolute Gasteiger partial charge is 0.244 e. The van der Waals surface area contributed by atoms with Gasteiger partial charge in [0.25, 0.3) is 0 Å². The summed E-state index contributed by atoms with van der Waals surface area (Å²) in [4.78, 5) is 20.6. The maximum absolute atomic E-state index is 12.3. The van der Waals surface area contributed by atoms with Gasteiger partial charge in [-0.05, 0) is 67.9 Å². The molecule has 0 unspecified atom stereocenters. The second kappa shape index (κ2) is 14.3. The van der Waals surface area contributed by atoms with Crippen LogP contribution in [0.25, 0.3) is 5.57 Å². The molecule has 0 aliphatic rings. The first-order valence-electron chi connectivity index (χ1n) is 11.2. The minimum atomic E-state index is -0.0448. The first-order valence-corrected chi connectivity index (χ1v) is 11.2. The molecule has 1 atom stereocenters. The standard InChI is InChI=1S/C26H35N3O/c1-3-4-5-6-14-24(25-16-10-19-28-21-25)15-8-17-26(30)29-22(2)11-7-12-23-13-9-18-27-20-23/h8-10,13,15-22H,3-7,11-12,14H2,1-2H3,(H,29,30)/b17-8+,24-15+/t22-/m1/s1. The van der Waals surface area contributed by atoms with Gasteiger partial charge in [0.15, 0.2) is 0 Å². The number of nitrogens with one attached hydrogen (secondary N) is 1. The van der Waals surface area contributed by atoms with Crippen LogP contribution in [0, 0.1) is 0 Å². The van der Waals surface area contributed by atoms with Crippen LogP contribution in [0.5, 0.6) is 0 Å². The van der Waals surface area contributed by atoms with E-state index in [0.29, 0.717) is 0 Å². The summed E-state index contributed by atoms with van der Waals surface area (Å²) in [6, 6.07) is 8.24. The Morgan fingerprint density at radius 2 is 1.87 bits per heavy atom. The molecule has 0 spiro atoms. The molecular weight excluding hydrogens is 370 g/mol. The zero-order valence-electron chi connectivity index (χ0n) is 18.4. The lowest BCUT2D eigenvalue weighted by Crippen LogP contribution is -2.31. The summed E-state index contributed by atoms with van der Waals surface area (Å²) in [6.07, 6.45) is 21.8. The molecule has 2 heterocycles. The van der Waals surface area contributed by atoms with E-state index in [1.54, 1.807) is 18.5 Å². The van der Waals surface area contributed by atoms with E-state index in [-0.39, 0.29) is 11.9 Å². The Morgan fingerprint density at radius 1 is 1.07 bits per heavy atom. The van der Waals surface area contributed by atoms with Crippen LogP contribution in [-0.4, -0.2) is 21.9 Å². The maximum Gasteiger partial charge on any atom is 0.244 e. The summed E-state index contributed by atoms with van der Waals surface area (Å²) < 4.78 is 0.